The van der Waals surface area contributed by atoms with Gasteiger partial charge in [0.1, 0.15) is 0 Å². The van der Waals surface area contributed by atoms with E-state index in [9.17, 15) is 4.79 Å². The third-order valence-electron chi connectivity index (χ3n) is 3.38. The topological polar surface area (TPSA) is 46.9 Å². The highest BCUT2D eigenvalue weighted by atomic mass is 16.1. The van der Waals surface area contributed by atoms with E-state index in [0.29, 0.717) is 13.1 Å². The number of hydrogen-bond acceptors (Lipinski definition) is 3. The highest BCUT2D eigenvalue weighted by Crippen LogP contribution is 2.22. The first-order valence-electron chi connectivity index (χ1n) is 6.90. The second kappa shape index (κ2) is 6.01. The van der Waals surface area contributed by atoms with E-state index in [0.717, 1.165) is 16.8 Å². The molecule has 0 aliphatic carbocycles. The van der Waals surface area contributed by atoms with Crippen molar-refractivity contribution in [1.29, 1.82) is 0 Å². The van der Waals surface area contributed by atoms with Gasteiger partial charge in [0.05, 0.1) is 5.69 Å². The molecule has 0 saturated heterocycles. The van der Waals surface area contributed by atoms with Crippen molar-refractivity contribution in [2.45, 2.75) is 33.9 Å². The van der Waals surface area contributed by atoms with Gasteiger partial charge < -0.3 is 5.32 Å². The molecule has 0 unspecified atom stereocenters. The van der Waals surface area contributed by atoms with Crippen molar-refractivity contribution in [2.24, 2.45) is 0 Å². The molecule has 0 amide bonds. The van der Waals surface area contributed by atoms with Crippen LogP contribution in [0.25, 0.3) is 11.3 Å². The lowest BCUT2D eigenvalue weighted by Gasteiger charge is -2.11. The second-order valence-electron chi connectivity index (χ2n) is 5.02. The number of nitrogens with one attached hydrogen (secondary N) is 1. The van der Waals surface area contributed by atoms with Gasteiger partial charge in [0.2, 0.25) is 0 Å². The van der Waals surface area contributed by atoms with Crippen molar-refractivity contribution in [1.82, 2.24) is 15.1 Å². The van der Waals surface area contributed by atoms with Crippen molar-refractivity contribution in [3.63, 3.8) is 0 Å². The third kappa shape index (κ3) is 2.80. The van der Waals surface area contributed by atoms with Crippen LogP contribution < -0.4 is 10.9 Å². The molecule has 0 fully saturated rings. The van der Waals surface area contributed by atoms with Crippen LogP contribution in [0.2, 0.25) is 0 Å². The van der Waals surface area contributed by atoms with E-state index >= 15 is 0 Å². The Hall–Kier alpha value is -1.94. The zero-order valence-electron chi connectivity index (χ0n) is 12.5. The van der Waals surface area contributed by atoms with Crippen LogP contribution in [0.3, 0.4) is 0 Å². The minimum atomic E-state index is -0.0177. The molecule has 4 nitrogen and oxygen atoms in total. The fourth-order valence-corrected chi connectivity index (χ4v) is 2.27. The van der Waals surface area contributed by atoms with Crippen LogP contribution in [0.4, 0.5) is 0 Å². The van der Waals surface area contributed by atoms with Crippen molar-refractivity contribution in [3.05, 3.63) is 51.3 Å². The highest BCUT2D eigenvalue weighted by molar-refractivity contribution is 5.64. The number of rotatable bonds is 4. The molecule has 20 heavy (non-hydrogen) atoms. The Bertz CT molecular complexity index is 674. The van der Waals surface area contributed by atoms with Gasteiger partial charge in [0, 0.05) is 24.2 Å². The van der Waals surface area contributed by atoms with Gasteiger partial charge >= 0.3 is 0 Å². The largest absolute Gasteiger partial charge is 0.315 e. The molecule has 1 heterocycles. The summed E-state index contributed by atoms with van der Waals surface area (Å²) >= 11 is 0. The molecule has 1 aromatic carbocycles. The van der Waals surface area contributed by atoms with Crippen molar-refractivity contribution in [3.8, 4) is 11.3 Å². The van der Waals surface area contributed by atoms with Gasteiger partial charge in [0.25, 0.3) is 5.56 Å². The number of aromatic nitrogens is 2. The Morgan fingerprint density at radius 3 is 2.65 bits per heavy atom. The number of benzene rings is 1. The predicted octanol–water partition coefficient (Wildman–Crippen LogP) is 2.27. The SMILES string of the molecule is CCn1nc(-c2cc(C)ccc2C)cc(CNC)c1=O. The second-order valence-corrected chi connectivity index (χ2v) is 5.02. The van der Waals surface area contributed by atoms with Crippen LogP contribution in [-0.4, -0.2) is 16.8 Å². The first kappa shape index (κ1) is 14.5. The van der Waals surface area contributed by atoms with Crippen LogP contribution in [-0.2, 0) is 13.1 Å². The summed E-state index contributed by atoms with van der Waals surface area (Å²) in [6, 6.07) is 8.19. The lowest BCUT2D eigenvalue weighted by molar-refractivity contribution is 0.605. The minimum absolute atomic E-state index is 0.0177. The molecule has 0 aliphatic rings. The normalized spacial score (nSPS) is 10.8. The van der Waals surface area contributed by atoms with Gasteiger partial charge in [0.15, 0.2) is 0 Å². The fourth-order valence-electron chi connectivity index (χ4n) is 2.27. The van der Waals surface area contributed by atoms with Crippen LogP contribution in [0.5, 0.6) is 0 Å². The predicted molar refractivity (Wildman–Crippen MR) is 81.8 cm³/mol. The Morgan fingerprint density at radius 1 is 1.25 bits per heavy atom. The summed E-state index contributed by atoms with van der Waals surface area (Å²) in [6.45, 7) is 7.20. The summed E-state index contributed by atoms with van der Waals surface area (Å²) in [5.41, 5.74) is 5.04. The number of nitrogens with zero attached hydrogens (tertiary/aromatic N) is 2. The first-order valence-corrected chi connectivity index (χ1v) is 6.90. The van der Waals surface area contributed by atoms with E-state index in [4.69, 9.17) is 0 Å². The van der Waals surface area contributed by atoms with E-state index in [-0.39, 0.29) is 5.56 Å². The molecule has 4 heteroatoms. The minimum Gasteiger partial charge on any atom is -0.315 e. The van der Waals surface area contributed by atoms with Crippen LogP contribution >= 0.6 is 0 Å². The standard InChI is InChI=1S/C16H21N3O/c1-5-19-16(20)13(10-17-4)9-15(18-19)14-8-11(2)6-7-12(14)3/h6-9,17H,5,10H2,1-4H3. The molecular formula is C16H21N3O. The van der Waals surface area contributed by atoms with Gasteiger partial charge in [-0.15, -0.1) is 0 Å². The molecule has 2 aromatic rings. The van der Waals surface area contributed by atoms with E-state index in [2.05, 4.69) is 42.5 Å². The Balaban J connectivity index is 2.65. The maximum Gasteiger partial charge on any atom is 0.271 e. The summed E-state index contributed by atoms with van der Waals surface area (Å²) in [5.74, 6) is 0. The molecule has 0 saturated carbocycles. The summed E-state index contributed by atoms with van der Waals surface area (Å²) < 4.78 is 1.53. The maximum atomic E-state index is 12.2. The molecule has 2 rings (SSSR count). The molecule has 0 atom stereocenters. The van der Waals surface area contributed by atoms with Crippen molar-refractivity contribution in [2.75, 3.05) is 7.05 Å². The van der Waals surface area contributed by atoms with Crippen molar-refractivity contribution < 1.29 is 0 Å². The number of hydrogen-bond donors (Lipinski definition) is 1. The van der Waals surface area contributed by atoms with E-state index < -0.39 is 0 Å². The Labute approximate surface area is 119 Å². The van der Waals surface area contributed by atoms with Crippen molar-refractivity contribution >= 4 is 0 Å². The lowest BCUT2D eigenvalue weighted by Crippen LogP contribution is -2.28. The van der Waals surface area contributed by atoms with Crippen LogP contribution in [0.15, 0.2) is 29.1 Å². The Morgan fingerprint density at radius 2 is 2.00 bits per heavy atom. The molecule has 1 N–H and O–H groups in total. The molecule has 0 bridgehead atoms. The maximum absolute atomic E-state index is 12.2. The summed E-state index contributed by atoms with van der Waals surface area (Å²) in [5, 5.41) is 7.52. The quantitative estimate of drug-likeness (QED) is 0.928. The molecule has 106 valence electrons. The van der Waals surface area contributed by atoms with E-state index in [1.807, 2.05) is 20.0 Å². The Kier molecular flexibility index (Phi) is 4.35. The molecule has 0 radical (unpaired) electrons. The molecule has 0 spiro atoms. The zero-order chi connectivity index (χ0) is 14.7. The average molecular weight is 271 g/mol. The highest BCUT2D eigenvalue weighted by Gasteiger charge is 2.10. The summed E-state index contributed by atoms with van der Waals surface area (Å²) in [7, 11) is 1.84. The molecule has 0 aliphatic heterocycles. The van der Waals surface area contributed by atoms with E-state index in [1.165, 1.54) is 15.8 Å². The molecular weight excluding hydrogens is 250 g/mol. The zero-order valence-corrected chi connectivity index (χ0v) is 12.5. The van der Waals surface area contributed by atoms with Gasteiger partial charge in [-0.05, 0) is 45.5 Å². The first-order chi connectivity index (χ1) is 9.56. The average Bonchev–Trinajstić information content (AvgIpc) is 2.44. The molecule has 1 aromatic heterocycles. The fraction of sp³-hybridized carbons (Fsp3) is 0.375. The third-order valence-corrected chi connectivity index (χ3v) is 3.38. The van der Waals surface area contributed by atoms with Gasteiger partial charge in [-0.1, -0.05) is 17.7 Å². The lowest BCUT2D eigenvalue weighted by atomic mass is 10.0. The summed E-state index contributed by atoms with van der Waals surface area (Å²) in [4.78, 5) is 12.2. The van der Waals surface area contributed by atoms with Gasteiger partial charge in [-0.2, -0.15) is 5.10 Å². The summed E-state index contributed by atoms with van der Waals surface area (Å²) in [6.07, 6.45) is 0. The monoisotopic (exact) mass is 271 g/mol. The van der Waals surface area contributed by atoms with Gasteiger partial charge in [-0.25, -0.2) is 4.68 Å². The van der Waals surface area contributed by atoms with E-state index in [1.54, 1.807) is 0 Å². The van der Waals surface area contributed by atoms with Crippen LogP contribution in [0, 0.1) is 13.8 Å². The van der Waals surface area contributed by atoms with Gasteiger partial charge in [-0.3, -0.25) is 4.79 Å². The smallest absolute Gasteiger partial charge is 0.271 e. The van der Waals surface area contributed by atoms with Crippen LogP contribution in [0.1, 0.15) is 23.6 Å². The number of aryl methyl sites for hydroxylation is 3.